The Hall–Kier alpha value is -2.44. The minimum Gasteiger partial charge on any atom is -0.487 e. The first-order valence-electron chi connectivity index (χ1n) is 11.3. The summed E-state index contributed by atoms with van der Waals surface area (Å²) in [5.74, 6) is 6.39. The number of pyridine rings is 1. The van der Waals surface area contributed by atoms with Crippen molar-refractivity contribution in [1.82, 2.24) is 14.2 Å². The molecule has 1 N–H and O–H groups in total. The van der Waals surface area contributed by atoms with Crippen LogP contribution >= 0.6 is 0 Å². The van der Waals surface area contributed by atoms with E-state index < -0.39 is 16.1 Å². The molecular formula is C25H33N3O4S. The second-order valence-electron chi connectivity index (χ2n) is 8.65. The van der Waals surface area contributed by atoms with E-state index >= 15 is 0 Å². The van der Waals surface area contributed by atoms with Crippen molar-refractivity contribution >= 4 is 10.0 Å². The normalized spacial score (nSPS) is 21.2. The molecule has 1 aromatic heterocycles. The van der Waals surface area contributed by atoms with E-state index in [4.69, 9.17) is 4.74 Å². The van der Waals surface area contributed by atoms with Crippen LogP contribution in [-0.4, -0.2) is 73.1 Å². The van der Waals surface area contributed by atoms with E-state index in [1.807, 2.05) is 26.1 Å². The second kappa shape index (κ2) is 11.1. The van der Waals surface area contributed by atoms with Crippen LogP contribution in [0.1, 0.15) is 38.3 Å². The van der Waals surface area contributed by atoms with Crippen LogP contribution in [0.25, 0.3) is 0 Å². The number of hydrogen-bond donors (Lipinski definition) is 1. The van der Waals surface area contributed by atoms with Gasteiger partial charge in [0.1, 0.15) is 16.7 Å². The average molecular weight is 472 g/mol. The van der Waals surface area contributed by atoms with Crippen LogP contribution in [0, 0.1) is 17.8 Å². The van der Waals surface area contributed by atoms with Gasteiger partial charge < -0.3 is 14.7 Å². The van der Waals surface area contributed by atoms with Crippen molar-refractivity contribution in [2.75, 3.05) is 33.3 Å². The average Bonchev–Trinajstić information content (AvgIpc) is 2.80. The Morgan fingerprint density at radius 3 is 2.61 bits per heavy atom. The molecule has 1 aliphatic heterocycles. The number of aliphatic hydroxyl groups excluding tert-OH is 1. The largest absolute Gasteiger partial charge is 0.487 e. The van der Waals surface area contributed by atoms with Crippen LogP contribution in [0.3, 0.4) is 0 Å². The third-order valence-electron chi connectivity index (χ3n) is 5.80. The highest BCUT2D eigenvalue weighted by Crippen LogP contribution is 2.34. The van der Waals surface area contributed by atoms with Crippen LogP contribution in [0.4, 0.5) is 0 Å². The summed E-state index contributed by atoms with van der Waals surface area (Å²) in [6.45, 7) is 7.46. The van der Waals surface area contributed by atoms with Gasteiger partial charge in [-0.1, -0.05) is 25.7 Å². The van der Waals surface area contributed by atoms with Gasteiger partial charge >= 0.3 is 0 Å². The van der Waals surface area contributed by atoms with E-state index in [0.717, 1.165) is 18.5 Å². The summed E-state index contributed by atoms with van der Waals surface area (Å²) in [6.07, 6.45) is 4.16. The van der Waals surface area contributed by atoms with E-state index in [1.165, 1.54) is 4.31 Å². The van der Waals surface area contributed by atoms with Gasteiger partial charge in [-0.2, -0.15) is 4.31 Å². The van der Waals surface area contributed by atoms with Gasteiger partial charge in [0.2, 0.25) is 10.0 Å². The summed E-state index contributed by atoms with van der Waals surface area (Å²) in [7, 11) is -1.81. The first kappa shape index (κ1) is 25.2. The van der Waals surface area contributed by atoms with Gasteiger partial charge in [-0.25, -0.2) is 8.42 Å². The zero-order chi connectivity index (χ0) is 24.0. The second-order valence-corrected chi connectivity index (χ2v) is 10.5. The van der Waals surface area contributed by atoms with E-state index in [2.05, 4.69) is 28.6 Å². The molecule has 0 saturated carbocycles. The van der Waals surface area contributed by atoms with Gasteiger partial charge in [0.15, 0.2) is 0 Å². The predicted octanol–water partition coefficient (Wildman–Crippen LogP) is 2.59. The number of ether oxygens (including phenoxy) is 1. The SMILES string of the molecule is CCCN(C)C[C@@H]1Oc2cc(C#Cc3ccncc3)ccc2S(=O)(=O)N([C@@H](C)CO)C[C@@H]1C. The van der Waals surface area contributed by atoms with Crippen LogP contribution in [0.5, 0.6) is 5.75 Å². The molecule has 0 bridgehead atoms. The topological polar surface area (TPSA) is 83.0 Å². The zero-order valence-corrected chi connectivity index (χ0v) is 20.5. The molecule has 1 aliphatic rings. The Kier molecular flexibility index (Phi) is 8.49. The molecule has 0 spiro atoms. The molecule has 0 radical (unpaired) electrons. The molecule has 0 aliphatic carbocycles. The number of nitrogens with zero attached hydrogens (tertiary/aromatic N) is 3. The van der Waals surface area contributed by atoms with E-state index in [-0.39, 0.29) is 30.1 Å². The highest BCUT2D eigenvalue weighted by molar-refractivity contribution is 7.89. The molecule has 2 aromatic rings. The number of aromatic nitrogens is 1. The third kappa shape index (κ3) is 6.12. The first-order chi connectivity index (χ1) is 15.8. The fraction of sp³-hybridized carbons (Fsp3) is 0.480. The van der Waals surface area contributed by atoms with Crippen molar-refractivity contribution in [3.05, 3.63) is 53.9 Å². The van der Waals surface area contributed by atoms with Crippen molar-refractivity contribution in [2.24, 2.45) is 5.92 Å². The minimum atomic E-state index is -3.85. The molecule has 1 aromatic carbocycles. The molecule has 3 atom stereocenters. The van der Waals surface area contributed by atoms with E-state index in [1.54, 1.807) is 37.5 Å². The van der Waals surface area contributed by atoms with Crippen LogP contribution < -0.4 is 4.74 Å². The number of likely N-dealkylation sites (N-methyl/N-ethyl adjacent to an activating group) is 1. The number of hydrogen-bond acceptors (Lipinski definition) is 6. The van der Waals surface area contributed by atoms with Gasteiger partial charge in [0.05, 0.1) is 6.61 Å². The first-order valence-corrected chi connectivity index (χ1v) is 12.7. The molecule has 0 saturated heterocycles. The fourth-order valence-corrected chi connectivity index (χ4v) is 5.71. The standard InChI is InChI=1S/C25H33N3O4S/c1-5-14-27(4)17-24-19(2)16-28(20(3)18-29)33(30,31)25-9-8-22(15-23(25)32-24)7-6-21-10-12-26-13-11-21/h8-13,15,19-20,24,29H,5,14,16-18H2,1-4H3/t19-,20-,24-/m0/s1. The summed E-state index contributed by atoms with van der Waals surface area (Å²) < 4.78 is 34.8. The molecule has 0 fully saturated rings. The maximum absolute atomic E-state index is 13.5. The van der Waals surface area contributed by atoms with Crippen LogP contribution in [0.2, 0.25) is 0 Å². The smallest absolute Gasteiger partial charge is 0.247 e. The number of rotatable bonds is 6. The minimum absolute atomic E-state index is 0.0761. The summed E-state index contributed by atoms with van der Waals surface area (Å²) in [5.41, 5.74) is 1.48. The summed E-state index contributed by atoms with van der Waals surface area (Å²) in [5, 5.41) is 9.75. The Morgan fingerprint density at radius 1 is 1.24 bits per heavy atom. The van der Waals surface area contributed by atoms with Crippen molar-refractivity contribution in [3.8, 4) is 17.6 Å². The molecular weight excluding hydrogens is 438 g/mol. The number of fused-ring (bicyclic) bond motifs is 1. The highest BCUT2D eigenvalue weighted by atomic mass is 32.2. The lowest BCUT2D eigenvalue weighted by Crippen LogP contribution is -2.49. The van der Waals surface area contributed by atoms with Gasteiger partial charge in [-0.05, 0) is 57.3 Å². The van der Waals surface area contributed by atoms with E-state index in [0.29, 0.717) is 17.9 Å². The number of sulfonamides is 1. The van der Waals surface area contributed by atoms with Crippen molar-refractivity contribution in [1.29, 1.82) is 0 Å². The van der Waals surface area contributed by atoms with Gasteiger partial charge in [0.25, 0.3) is 0 Å². The van der Waals surface area contributed by atoms with Crippen LogP contribution in [0.15, 0.2) is 47.6 Å². The lowest BCUT2D eigenvalue weighted by atomic mass is 10.0. The van der Waals surface area contributed by atoms with Crippen molar-refractivity contribution in [2.45, 2.75) is 44.2 Å². The molecule has 33 heavy (non-hydrogen) atoms. The van der Waals surface area contributed by atoms with Crippen molar-refractivity contribution < 1.29 is 18.3 Å². The summed E-state index contributed by atoms with van der Waals surface area (Å²) in [4.78, 5) is 6.29. The van der Waals surface area contributed by atoms with Crippen molar-refractivity contribution in [3.63, 3.8) is 0 Å². The lowest BCUT2D eigenvalue weighted by molar-refractivity contribution is 0.0752. The quantitative estimate of drug-likeness (QED) is 0.652. The number of aliphatic hydroxyl groups is 1. The third-order valence-corrected chi connectivity index (χ3v) is 7.82. The Labute approximate surface area is 197 Å². The highest BCUT2D eigenvalue weighted by Gasteiger charge is 2.38. The molecule has 7 nitrogen and oxygen atoms in total. The van der Waals surface area contributed by atoms with Gasteiger partial charge in [-0.3, -0.25) is 4.98 Å². The molecule has 2 heterocycles. The molecule has 0 unspecified atom stereocenters. The Bertz CT molecular complexity index is 1100. The fourth-order valence-electron chi connectivity index (χ4n) is 3.88. The molecule has 0 amide bonds. The molecule has 8 heteroatoms. The monoisotopic (exact) mass is 471 g/mol. The predicted molar refractivity (Wildman–Crippen MR) is 128 cm³/mol. The number of benzene rings is 1. The Morgan fingerprint density at radius 2 is 1.94 bits per heavy atom. The van der Waals surface area contributed by atoms with Crippen LogP contribution in [-0.2, 0) is 10.0 Å². The molecule has 178 valence electrons. The maximum Gasteiger partial charge on any atom is 0.247 e. The summed E-state index contributed by atoms with van der Waals surface area (Å²) >= 11 is 0. The zero-order valence-electron chi connectivity index (χ0n) is 19.7. The summed E-state index contributed by atoms with van der Waals surface area (Å²) in [6, 6.07) is 8.05. The lowest BCUT2D eigenvalue weighted by Gasteiger charge is -2.37. The maximum atomic E-state index is 13.5. The van der Waals surface area contributed by atoms with Gasteiger partial charge in [-0.15, -0.1) is 0 Å². The van der Waals surface area contributed by atoms with E-state index in [9.17, 15) is 13.5 Å². The van der Waals surface area contributed by atoms with Gasteiger partial charge in [0, 0.05) is 48.6 Å². The Balaban J connectivity index is 2.05. The molecule has 3 rings (SSSR count).